The Morgan fingerprint density at radius 2 is 2.00 bits per heavy atom. The SMILES string of the molecule is C=C1CC[C@@H]2C[C@@H]3[C@@H](O)C(C)(C)C[C@@H]3[C@]12C. The van der Waals surface area contributed by atoms with Crippen LogP contribution in [0.1, 0.15) is 46.5 Å². The maximum atomic E-state index is 10.5. The van der Waals surface area contributed by atoms with E-state index in [1.807, 2.05) is 0 Å². The fourth-order valence-corrected chi connectivity index (χ4v) is 5.05. The zero-order valence-electron chi connectivity index (χ0n) is 10.8. The average Bonchev–Trinajstić information content (AvgIpc) is 2.71. The number of hydrogen-bond donors (Lipinski definition) is 1. The summed E-state index contributed by atoms with van der Waals surface area (Å²) in [5.41, 5.74) is 1.93. The lowest BCUT2D eigenvalue weighted by Crippen LogP contribution is -2.28. The van der Waals surface area contributed by atoms with Crippen molar-refractivity contribution in [1.29, 1.82) is 0 Å². The Bertz CT molecular complexity index is 343. The van der Waals surface area contributed by atoms with Gasteiger partial charge in [-0.3, -0.25) is 0 Å². The third kappa shape index (κ3) is 1.06. The van der Waals surface area contributed by atoms with E-state index in [1.165, 1.54) is 31.3 Å². The van der Waals surface area contributed by atoms with Crippen molar-refractivity contribution in [2.75, 3.05) is 0 Å². The predicted octanol–water partition coefficient (Wildman–Crippen LogP) is 3.39. The van der Waals surface area contributed by atoms with Crippen molar-refractivity contribution in [2.45, 2.75) is 52.6 Å². The minimum Gasteiger partial charge on any atom is -0.392 e. The first-order valence-corrected chi connectivity index (χ1v) is 6.73. The first-order chi connectivity index (χ1) is 7.37. The molecule has 0 aromatic rings. The van der Waals surface area contributed by atoms with Crippen LogP contribution in [-0.2, 0) is 0 Å². The summed E-state index contributed by atoms with van der Waals surface area (Å²) >= 11 is 0. The predicted molar refractivity (Wildman–Crippen MR) is 66.0 cm³/mol. The third-order valence-corrected chi connectivity index (χ3v) is 6.20. The van der Waals surface area contributed by atoms with Crippen LogP contribution in [0.15, 0.2) is 12.2 Å². The molecule has 0 aromatic heterocycles. The van der Waals surface area contributed by atoms with E-state index in [9.17, 15) is 5.11 Å². The molecule has 3 fully saturated rings. The number of fused-ring (bicyclic) bond motifs is 3. The zero-order valence-corrected chi connectivity index (χ0v) is 10.8. The Kier molecular flexibility index (Phi) is 1.98. The maximum absolute atomic E-state index is 10.5. The summed E-state index contributed by atoms with van der Waals surface area (Å²) in [5.74, 6) is 2.04. The molecule has 5 atom stereocenters. The normalized spacial score (nSPS) is 54.1. The van der Waals surface area contributed by atoms with E-state index in [0.717, 1.165) is 5.92 Å². The molecule has 1 heteroatoms. The van der Waals surface area contributed by atoms with E-state index in [-0.39, 0.29) is 11.5 Å². The van der Waals surface area contributed by atoms with Gasteiger partial charge in [-0.1, -0.05) is 32.9 Å². The van der Waals surface area contributed by atoms with Gasteiger partial charge in [0, 0.05) is 0 Å². The second-order valence-corrected chi connectivity index (χ2v) is 7.27. The van der Waals surface area contributed by atoms with Crippen molar-refractivity contribution in [3.8, 4) is 0 Å². The molecular weight excluding hydrogens is 196 g/mol. The van der Waals surface area contributed by atoms with Crippen LogP contribution in [0, 0.1) is 28.6 Å². The van der Waals surface area contributed by atoms with Gasteiger partial charge in [-0.05, 0) is 54.3 Å². The molecule has 3 aliphatic rings. The first-order valence-electron chi connectivity index (χ1n) is 6.73. The standard InChI is InChI=1S/C15H24O/c1-9-5-6-10-7-11-12(15(9,10)4)8-14(2,3)13(11)16/h10-13,16H,1,5-8H2,2-4H3/t10-,11+,12+,13-,15-/m1/s1. The lowest BCUT2D eigenvalue weighted by atomic mass is 9.70. The zero-order chi connectivity index (χ0) is 11.7. The first kappa shape index (κ1) is 10.8. The fraction of sp³-hybridized carbons (Fsp3) is 0.867. The van der Waals surface area contributed by atoms with Gasteiger partial charge in [-0.2, -0.15) is 0 Å². The molecule has 0 spiro atoms. The minimum absolute atomic E-state index is 0.0901. The van der Waals surface area contributed by atoms with Crippen molar-refractivity contribution in [2.24, 2.45) is 28.6 Å². The number of allylic oxidation sites excluding steroid dienone is 1. The van der Waals surface area contributed by atoms with Crippen LogP contribution in [0.3, 0.4) is 0 Å². The molecule has 3 rings (SSSR count). The summed E-state index contributed by atoms with van der Waals surface area (Å²) in [5, 5.41) is 10.5. The van der Waals surface area contributed by atoms with Gasteiger partial charge in [0.25, 0.3) is 0 Å². The van der Waals surface area contributed by atoms with Crippen LogP contribution in [0.2, 0.25) is 0 Å². The Labute approximate surface area is 98.9 Å². The maximum Gasteiger partial charge on any atom is 0.0622 e. The van der Waals surface area contributed by atoms with E-state index in [1.54, 1.807) is 0 Å². The molecule has 0 amide bonds. The number of aliphatic hydroxyl groups is 1. The van der Waals surface area contributed by atoms with Crippen LogP contribution < -0.4 is 0 Å². The van der Waals surface area contributed by atoms with E-state index < -0.39 is 0 Å². The van der Waals surface area contributed by atoms with E-state index in [0.29, 0.717) is 17.3 Å². The Morgan fingerprint density at radius 3 is 2.69 bits per heavy atom. The molecular formula is C15H24O. The van der Waals surface area contributed by atoms with Gasteiger partial charge >= 0.3 is 0 Å². The molecule has 0 saturated heterocycles. The second kappa shape index (κ2) is 2.93. The summed E-state index contributed by atoms with van der Waals surface area (Å²) in [6.45, 7) is 11.2. The summed E-state index contributed by atoms with van der Waals surface area (Å²) in [4.78, 5) is 0. The summed E-state index contributed by atoms with van der Waals surface area (Å²) in [6, 6.07) is 0. The van der Waals surface area contributed by atoms with Crippen molar-refractivity contribution < 1.29 is 5.11 Å². The highest BCUT2D eigenvalue weighted by molar-refractivity contribution is 5.25. The highest BCUT2D eigenvalue weighted by Gasteiger charge is 2.63. The summed E-state index contributed by atoms with van der Waals surface area (Å²) in [6.07, 6.45) is 4.87. The fourth-order valence-electron chi connectivity index (χ4n) is 5.05. The monoisotopic (exact) mass is 220 g/mol. The van der Waals surface area contributed by atoms with Crippen LogP contribution in [-0.4, -0.2) is 11.2 Å². The molecule has 0 bridgehead atoms. The third-order valence-electron chi connectivity index (χ3n) is 6.20. The lowest BCUT2D eigenvalue weighted by Gasteiger charge is -2.34. The number of rotatable bonds is 0. The molecule has 16 heavy (non-hydrogen) atoms. The molecule has 0 heterocycles. The van der Waals surface area contributed by atoms with Crippen LogP contribution in [0.5, 0.6) is 0 Å². The highest BCUT2D eigenvalue weighted by atomic mass is 16.3. The summed E-state index contributed by atoms with van der Waals surface area (Å²) in [7, 11) is 0. The van der Waals surface area contributed by atoms with Crippen molar-refractivity contribution >= 4 is 0 Å². The topological polar surface area (TPSA) is 20.2 Å². The largest absolute Gasteiger partial charge is 0.392 e. The molecule has 0 radical (unpaired) electrons. The van der Waals surface area contributed by atoms with E-state index in [4.69, 9.17) is 0 Å². The van der Waals surface area contributed by atoms with E-state index >= 15 is 0 Å². The van der Waals surface area contributed by atoms with Crippen molar-refractivity contribution in [1.82, 2.24) is 0 Å². The molecule has 3 saturated carbocycles. The average molecular weight is 220 g/mol. The molecule has 1 N–H and O–H groups in total. The number of aliphatic hydroxyl groups excluding tert-OH is 1. The lowest BCUT2D eigenvalue weighted by molar-refractivity contribution is 0.0419. The molecule has 0 aromatic carbocycles. The minimum atomic E-state index is -0.0901. The Hall–Kier alpha value is -0.300. The van der Waals surface area contributed by atoms with Gasteiger partial charge in [0.1, 0.15) is 0 Å². The van der Waals surface area contributed by atoms with Crippen molar-refractivity contribution in [3.63, 3.8) is 0 Å². The van der Waals surface area contributed by atoms with Crippen molar-refractivity contribution in [3.05, 3.63) is 12.2 Å². The van der Waals surface area contributed by atoms with Crippen LogP contribution in [0.4, 0.5) is 0 Å². The van der Waals surface area contributed by atoms with E-state index in [2.05, 4.69) is 27.4 Å². The molecule has 3 aliphatic carbocycles. The van der Waals surface area contributed by atoms with Gasteiger partial charge in [0.2, 0.25) is 0 Å². The molecule has 1 nitrogen and oxygen atoms in total. The highest BCUT2D eigenvalue weighted by Crippen LogP contribution is 2.68. The summed E-state index contributed by atoms with van der Waals surface area (Å²) < 4.78 is 0. The quantitative estimate of drug-likeness (QED) is 0.620. The van der Waals surface area contributed by atoms with Gasteiger partial charge in [-0.15, -0.1) is 0 Å². The van der Waals surface area contributed by atoms with Gasteiger partial charge in [0.15, 0.2) is 0 Å². The van der Waals surface area contributed by atoms with Crippen LogP contribution >= 0.6 is 0 Å². The Morgan fingerprint density at radius 1 is 1.31 bits per heavy atom. The molecule has 0 aliphatic heterocycles. The second-order valence-electron chi connectivity index (χ2n) is 7.27. The van der Waals surface area contributed by atoms with Gasteiger partial charge in [-0.25, -0.2) is 0 Å². The van der Waals surface area contributed by atoms with Gasteiger partial charge in [0.05, 0.1) is 6.10 Å². The smallest absolute Gasteiger partial charge is 0.0622 e. The Balaban J connectivity index is 1.99. The molecule has 0 unspecified atom stereocenters. The number of hydrogen-bond acceptors (Lipinski definition) is 1. The molecule has 90 valence electrons. The van der Waals surface area contributed by atoms with Crippen LogP contribution in [0.25, 0.3) is 0 Å². The van der Waals surface area contributed by atoms with Gasteiger partial charge < -0.3 is 5.11 Å².